The largest absolute Gasteiger partial charge is 0.480 e. The highest BCUT2D eigenvalue weighted by Gasteiger charge is 2.31. The quantitative estimate of drug-likeness (QED) is 0.445. The molecular weight excluding hydrogens is 448 g/mol. The highest BCUT2D eigenvalue weighted by atomic mass is 16.5. The standard InChI is InChI=1S/C27H34N2O6/c1-18(2)15-29(16-25(30)31)26(32)24(13-8-14-34-3)28-27(33)35-17-23-21-11-6-4-9-19(21)20-10-5-7-12-22(20)23/h4-7,9-12,18,23-24H,8,13-17H2,1-3H3,(H,28,33)(H,30,31). The Morgan fingerprint density at radius 3 is 2.17 bits per heavy atom. The van der Waals surface area contributed by atoms with E-state index < -0.39 is 30.6 Å². The second-order valence-electron chi connectivity index (χ2n) is 9.16. The Bertz CT molecular complexity index is 992. The molecule has 1 aliphatic rings. The first kappa shape index (κ1) is 26.2. The van der Waals surface area contributed by atoms with Crippen molar-refractivity contribution in [2.24, 2.45) is 5.92 Å². The maximum atomic E-state index is 13.2. The van der Waals surface area contributed by atoms with E-state index in [1.165, 1.54) is 4.90 Å². The summed E-state index contributed by atoms with van der Waals surface area (Å²) in [5, 5.41) is 11.9. The second kappa shape index (κ2) is 12.4. The van der Waals surface area contributed by atoms with Gasteiger partial charge in [0.05, 0.1) is 0 Å². The summed E-state index contributed by atoms with van der Waals surface area (Å²) in [5.41, 5.74) is 4.45. The fourth-order valence-corrected chi connectivity index (χ4v) is 4.53. The van der Waals surface area contributed by atoms with Crippen LogP contribution in [0.5, 0.6) is 0 Å². The molecule has 0 heterocycles. The number of aliphatic carboxylic acids is 1. The van der Waals surface area contributed by atoms with Crippen LogP contribution in [0.25, 0.3) is 11.1 Å². The average molecular weight is 483 g/mol. The Balaban J connectivity index is 1.70. The van der Waals surface area contributed by atoms with Gasteiger partial charge >= 0.3 is 12.1 Å². The molecule has 188 valence electrons. The Labute approximate surface area is 206 Å². The van der Waals surface area contributed by atoms with Crippen LogP contribution in [0.1, 0.15) is 43.7 Å². The molecule has 0 spiro atoms. The van der Waals surface area contributed by atoms with Crippen molar-refractivity contribution in [3.05, 3.63) is 59.7 Å². The predicted molar refractivity (Wildman–Crippen MR) is 132 cm³/mol. The van der Waals surface area contributed by atoms with Crippen molar-refractivity contribution in [2.75, 3.05) is 33.4 Å². The lowest BCUT2D eigenvalue weighted by molar-refractivity contribution is -0.145. The number of nitrogens with zero attached hydrogens (tertiary/aromatic N) is 1. The predicted octanol–water partition coefficient (Wildman–Crippen LogP) is 3.89. The molecule has 3 rings (SSSR count). The number of hydrogen-bond donors (Lipinski definition) is 2. The molecule has 0 radical (unpaired) electrons. The van der Waals surface area contributed by atoms with Crippen LogP contribution in [0.2, 0.25) is 0 Å². The minimum Gasteiger partial charge on any atom is -0.480 e. The van der Waals surface area contributed by atoms with E-state index in [9.17, 15) is 19.5 Å². The Hall–Kier alpha value is -3.39. The van der Waals surface area contributed by atoms with Crippen LogP contribution < -0.4 is 5.32 Å². The number of carbonyl (C=O) groups is 3. The van der Waals surface area contributed by atoms with Crippen LogP contribution in [-0.2, 0) is 19.1 Å². The molecule has 0 saturated carbocycles. The summed E-state index contributed by atoms with van der Waals surface area (Å²) in [5.74, 6) is -1.56. The number of carboxylic acid groups (broad SMARTS) is 1. The number of methoxy groups -OCH3 is 1. The third kappa shape index (κ3) is 6.82. The summed E-state index contributed by atoms with van der Waals surface area (Å²) in [7, 11) is 1.56. The van der Waals surface area contributed by atoms with Gasteiger partial charge in [0, 0.05) is 26.2 Å². The molecule has 0 aliphatic heterocycles. The highest BCUT2D eigenvalue weighted by molar-refractivity contribution is 5.88. The van der Waals surface area contributed by atoms with Crippen LogP contribution in [-0.4, -0.2) is 67.4 Å². The van der Waals surface area contributed by atoms with Crippen LogP contribution in [0, 0.1) is 5.92 Å². The van der Waals surface area contributed by atoms with E-state index in [-0.39, 0.29) is 25.0 Å². The van der Waals surface area contributed by atoms with Crippen molar-refractivity contribution in [2.45, 2.75) is 38.6 Å². The Morgan fingerprint density at radius 1 is 1.03 bits per heavy atom. The van der Waals surface area contributed by atoms with Crippen molar-refractivity contribution in [1.29, 1.82) is 0 Å². The molecule has 0 saturated heterocycles. The molecular formula is C27H34N2O6. The van der Waals surface area contributed by atoms with Crippen LogP contribution in [0.3, 0.4) is 0 Å². The Kier molecular flexibility index (Phi) is 9.25. The van der Waals surface area contributed by atoms with Gasteiger partial charge in [0.2, 0.25) is 5.91 Å². The number of hydrogen-bond acceptors (Lipinski definition) is 5. The van der Waals surface area contributed by atoms with Gasteiger partial charge in [-0.25, -0.2) is 4.79 Å². The van der Waals surface area contributed by atoms with Gasteiger partial charge in [-0.05, 0) is 41.0 Å². The van der Waals surface area contributed by atoms with Gasteiger partial charge in [0.15, 0.2) is 0 Å². The van der Waals surface area contributed by atoms with E-state index in [0.29, 0.717) is 19.4 Å². The minimum atomic E-state index is -1.10. The lowest BCUT2D eigenvalue weighted by Crippen LogP contribution is -2.51. The molecule has 0 bridgehead atoms. The summed E-state index contributed by atoms with van der Waals surface area (Å²) >= 11 is 0. The smallest absolute Gasteiger partial charge is 0.407 e. The molecule has 1 aliphatic carbocycles. The average Bonchev–Trinajstić information content (AvgIpc) is 3.14. The van der Waals surface area contributed by atoms with Gasteiger partial charge in [-0.15, -0.1) is 0 Å². The number of nitrogens with one attached hydrogen (secondary N) is 1. The molecule has 0 fully saturated rings. The molecule has 2 N–H and O–H groups in total. The molecule has 1 atom stereocenters. The fourth-order valence-electron chi connectivity index (χ4n) is 4.53. The van der Waals surface area contributed by atoms with Gasteiger partial charge in [-0.1, -0.05) is 62.4 Å². The monoisotopic (exact) mass is 482 g/mol. The summed E-state index contributed by atoms with van der Waals surface area (Å²) in [6, 6.07) is 15.2. The van der Waals surface area contributed by atoms with E-state index in [2.05, 4.69) is 17.4 Å². The highest BCUT2D eigenvalue weighted by Crippen LogP contribution is 2.44. The van der Waals surface area contributed by atoms with E-state index in [4.69, 9.17) is 9.47 Å². The van der Waals surface area contributed by atoms with Gasteiger partial charge in [-0.3, -0.25) is 9.59 Å². The van der Waals surface area contributed by atoms with Gasteiger partial charge in [0.1, 0.15) is 19.2 Å². The maximum Gasteiger partial charge on any atom is 0.407 e. The Morgan fingerprint density at radius 2 is 1.63 bits per heavy atom. The van der Waals surface area contributed by atoms with Gasteiger partial charge in [0.25, 0.3) is 0 Å². The number of rotatable bonds is 12. The van der Waals surface area contributed by atoms with E-state index in [1.54, 1.807) is 7.11 Å². The zero-order valence-electron chi connectivity index (χ0n) is 20.5. The van der Waals surface area contributed by atoms with Crippen LogP contribution >= 0.6 is 0 Å². The second-order valence-corrected chi connectivity index (χ2v) is 9.16. The van der Waals surface area contributed by atoms with E-state index in [0.717, 1.165) is 22.3 Å². The minimum absolute atomic E-state index is 0.0763. The van der Waals surface area contributed by atoms with Crippen molar-refractivity contribution in [1.82, 2.24) is 10.2 Å². The number of carbonyl (C=O) groups excluding carboxylic acids is 2. The molecule has 2 aromatic rings. The molecule has 35 heavy (non-hydrogen) atoms. The van der Waals surface area contributed by atoms with Crippen molar-refractivity contribution >= 4 is 18.0 Å². The lowest BCUT2D eigenvalue weighted by Gasteiger charge is -2.28. The number of amides is 2. The summed E-state index contributed by atoms with van der Waals surface area (Å²) in [6.45, 7) is 4.20. The SMILES string of the molecule is COCCCC(NC(=O)OCC1c2ccccc2-c2ccccc21)C(=O)N(CC(=O)O)CC(C)C. The van der Waals surface area contributed by atoms with Crippen molar-refractivity contribution in [3.8, 4) is 11.1 Å². The van der Waals surface area contributed by atoms with Crippen LogP contribution in [0.15, 0.2) is 48.5 Å². The zero-order valence-corrected chi connectivity index (χ0v) is 20.5. The molecule has 8 heteroatoms. The van der Waals surface area contributed by atoms with E-state index in [1.807, 2.05) is 50.2 Å². The lowest BCUT2D eigenvalue weighted by atomic mass is 9.98. The molecule has 1 unspecified atom stereocenters. The first-order valence-corrected chi connectivity index (χ1v) is 11.9. The van der Waals surface area contributed by atoms with Crippen molar-refractivity contribution < 1.29 is 29.0 Å². The van der Waals surface area contributed by atoms with Gasteiger partial charge < -0.3 is 24.8 Å². The number of alkyl carbamates (subject to hydrolysis) is 1. The topological polar surface area (TPSA) is 105 Å². The first-order chi connectivity index (χ1) is 16.8. The zero-order chi connectivity index (χ0) is 25.4. The molecule has 2 amide bonds. The number of fused-ring (bicyclic) bond motifs is 3. The fraction of sp³-hybridized carbons (Fsp3) is 0.444. The van der Waals surface area contributed by atoms with E-state index >= 15 is 0 Å². The van der Waals surface area contributed by atoms with Crippen LogP contribution in [0.4, 0.5) is 4.79 Å². The summed E-state index contributed by atoms with van der Waals surface area (Å²) in [4.78, 5) is 38.6. The molecule has 2 aromatic carbocycles. The molecule has 0 aromatic heterocycles. The third-order valence-electron chi connectivity index (χ3n) is 6.00. The first-order valence-electron chi connectivity index (χ1n) is 11.9. The number of ether oxygens (including phenoxy) is 2. The van der Waals surface area contributed by atoms with Gasteiger partial charge in [-0.2, -0.15) is 0 Å². The van der Waals surface area contributed by atoms with Crippen molar-refractivity contribution in [3.63, 3.8) is 0 Å². The molecule has 8 nitrogen and oxygen atoms in total. The maximum absolute atomic E-state index is 13.2. The number of benzene rings is 2. The summed E-state index contributed by atoms with van der Waals surface area (Å²) < 4.78 is 10.7. The normalized spacial score (nSPS) is 13.1. The number of carboxylic acids is 1. The summed E-state index contributed by atoms with van der Waals surface area (Å²) in [6.07, 6.45) is 0.131. The third-order valence-corrected chi connectivity index (χ3v) is 6.00.